The Morgan fingerprint density at radius 1 is 1.35 bits per heavy atom. The third kappa shape index (κ3) is 2.81. The summed E-state index contributed by atoms with van der Waals surface area (Å²) >= 11 is 12.2. The minimum atomic E-state index is 0.0592. The molecule has 0 spiro atoms. The van der Waals surface area contributed by atoms with Gasteiger partial charge in [0, 0.05) is 12.0 Å². The molecule has 20 heavy (non-hydrogen) atoms. The zero-order chi connectivity index (χ0) is 14.1. The molecule has 0 aliphatic heterocycles. The van der Waals surface area contributed by atoms with Crippen LogP contribution < -0.4 is 5.32 Å². The first-order chi connectivity index (χ1) is 9.65. The van der Waals surface area contributed by atoms with Gasteiger partial charge >= 0.3 is 0 Å². The Hall–Kier alpha value is -1.52. The number of nitrogens with one attached hydrogen (secondary N) is 1. The summed E-state index contributed by atoms with van der Waals surface area (Å²) in [5.41, 5.74) is 0.866. The molecule has 1 amide bonds. The normalized spacial score (nSPS) is 14.3. The van der Waals surface area contributed by atoms with Crippen LogP contribution in [0.3, 0.4) is 0 Å². The highest BCUT2D eigenvalue weighted by Crippen LogP contribution is 2.30. The van der Waals surface area contributed by atoms with Crippen LogP contribution in [-0.4, -0.2) is 15.7 Å². The van der Waals surface area contributed by atoms with Crippen molar-refractivity contribution in [3.63, 3.8) is 0 Å². The average Bonchev–Trinajstić information content (AvgIpc) is 3.19. The van der Waals surface area contributed by atoms with Crippen molar-refractivity contribution in [1.29, 1.82) is 0 Å². The van der Waals surface area contributed by atoms with Gasteiger partial charge < -0.3 is 5.32 Å². The molecule has 2 aromatic rings. The summed E-state index contributed by atoms with van der Waals surface area (Å²) in [6, 6.07) is 7.25. The van der Waals surface area contributed by atoms with Crippen LogP contribution in [0.5, 0.6) is 0 Å². The third-order valence-corrected chi connectivity index (χ3v) is 4.13. The van der Waals surface area contributed by atoms with Crippen molar-refractivity contribution in [2.75, 3.05) is 5.32 Å². The average molecular weight is 310 g/mol. The predicted molar refractivity (Wildman–Crippen MR) is 79.1 cm³/mol. The molecular weight excluding hydrogens is 297 g/mol. The minimum Gasteiger partial charge on any atom is -0.311 e. The van der Waals surface area contributed by atoms with E-state index in [-0.39, 0.29) is 11.8 Å². The third-order valence-electron chi connectivity index (χ3n) is 3.27. The molecule has 1 aliphatic carbocycles. The quantitative estimate of drug-likeness (QED) is 0.938. The van der Waals surface area contributed by atoms with Gasteiger partial charge in [0.1, 0.15) is 5.82 Å². The molecule has 0 radical (unpaired) electrons. The number of amides is 1. The first-order valence-electron chi connectivity index (χ1n) is 6.40. The van der Waals surface area contributed by atoms with Crippen molar-refractivity contribution in [3.05, 3.63) is 46.1 Å². The van der Waals surface area contributed by atoms with Gasteiger partial charge in [0.15, 0.2) is 0 Å². The molecule has 1 aromatic carbocycles. The Balaban J connectivity index is 1.79. The number of rotatable bonds is 4. The summed E-state index contributed by atoms with van der Waals surface area (Å²) in [6.07, 6.45) is 3.60. The van der Waals surface area contributed by atoms with Crippen LogP contribution >= 0.6 is 23.2 Å². The number of hydrogen-bond donors (Lipinski definition) is 1. The molecule has 0 saturated heterocycles. The molecule has 0 unspecified atom stereocenters. The summed E-state index contributed by atoms with van der Waals surface area (Å²) in [4.78, 5) is 11.8. The zero-order valence-electron chi connectivity index (χ0n) is 10.6. The zero-order valence-corrected chi connectivity index (χ0v) is 12.2. The summed E-state index contributed by atoms with van der Waals surface area (Å²) in [5.74, 6) is 0.898. The Labute approximate surface area is 126 Å². The molecule has 3 rings (SSSR count). The van der Waals surface area contributed by atoms with Gasteiger partial charge in [-0.15, -0.1) is 0 Å². The van der Waals surface area contributed by atoms with Crippen molar-refractivity contribution in [2.24, 2.45) is 5.92 Å². The van der Waals surface area contributed by atoms with E-state index in [2.05, 4.69) is 10.4 Å². The van der Waals surface area contributed by atoms with Gasteiger partial charge in [-0.05, 0) is 24.5 Å². The number of carbonyl (C=O) groups is 1. The Bertz CT molecular complexity index is 650. The Morgan fingerprint density at radius 3 is 2.90 bits per heavy atom. The van der Waals surface area contributed by atoms with E-state index >= 15 is 0 Å². The first-order valence-corrected chi connectivity index (χ1v) is 7.16. The number of anilines is 1. The standard InChI is InChI=1S/C14H13Cl2N3O/c15-11-3-1-2-10(13(11)16)8-19-12(6-7-17-19)18-14(20)9-4-5-9/h1-3,6-7,9H,4-5,8H2,(H,18,20). The predicted octanol–water partition coefficient (Wildman–Crippen LogP) is 3.59. The molecule has 1 N–H and O–H groups in total. The molecular formula is C14H13Cl2N3O. The highest BCUT2D eigenvalue weighted by atomic mass is 35.5. The number of nitrogens with zero attached hydrogens (tertiary/aromatic N) is 2. The lowest BCUT2D eigenvalue weighted by molar-refractivity contribution is -0.117. The first kappa shape index (κ1) is 13.5. The van der Waals surface area contributed by atoms with E-state index in [0.717, 1.165) is 18.4 Å². The van der Waals surface area contributed by atoms with E-state index in [0.29, 0.717) is 22.4 Å². The fourth-order valence-electron chi connectivity index (χ4n) is 1.97. The number of benzene rings is 1. The molecule has 0 bridgehead atoms. The topological polar surface area (TPSA) is 46.9 Å². The van der Waals surface area contributed by atoms with E-state index in [1.807, 2.05) is 12.1 Å². The number of hydrogen-bond acceptors (Lipinski definition) is 2. The largest absolute Gasteiger partial charge is 0.311 e. The number of aromatic nitrogens is 2. The van der Waals surface area contributed by atoms with Gasteiger partial charge in [0.2, 0.25) is 5.91 Å². The smallest absolute Gasteiger partial charge is 0.228 e. The molecule has 1 heterocycles. The highest BCUT2D eigenvalue weighted by molar-refractivity contribution is 6.42. The summed E-state index contributed by atoms with van der Waals surface area (Å²) in [5, 5.41) is 8.14. The molecule has 1 aliphatic rings. The van der Waals surface area contributed by atoms with Crippen molar-refractivity contribution < 1.29 is 4.79 Å². The van der Waals surface area contributed by atoms with Gasteiger partial charge in [-0.3, -0.25) is 4.79 Å². The second kappa shape index (κ2) is 5.46. The minimum absolute atomic E-state index is 0.0592. The lowest BCUT2D eigenvalue weighted by Crippen LogP contribution is -2.17. The van der Waals surface area contributed by atoms with E-state index in [1.165, 1.54) is 0 Å². The highest BCUT2D eigenvalue weighted by Gasteiger charge is 2.30. The number of halogens is 2. The maximum absolute atomic E-state index is 11.8. The monoisotopic (exact) mass is 309 g/mol. The van der Waals surface area contributed by atoms with Gasteiger partial charge in [-0.1, -0.05) is 35.3 Å². The Kier molecular flexibility index (Phi) is 3.68. The fraction of sp³-hybridized carbons (Fsp3) is 0.286. The Morgan fingerprint density at radius 2 is 2.15 bits per heavy atom. The summed E-state index contributed by atoms with van der Waals surface area (Å²) < 4.78 is 1.71. The van der Waals surface area contributed by atoms with Crippen molar-refractivity contribution >= 4 is 34.9 Å². The van der Waals surface area contributed by atoms with Crippen LogP contribution in [0.1, 0.15) is 18.4 Å². The molecule has 0 atom stereocenters. The van der Waals surface area contributed by atoms with Crippen molar-refractivity contribution in [1.82, 2.24) is 9.78 Å². The number of carbonyl (C=O) groups excluding carboxylic acids is 1. The molecule has 1 saturated carbocycles. The molecule has 104 valence electrons. The molecule has 6 heteroatoms. The van der Waals surface area contributed by atoms with E-state index in [1.54, 1.807) is 23.0 Å². The van der Waals surface area contributed by atoms with E-state index in [9.17, 15) is 4.79 Å². The van der Waals surface area contributed by atoms with Crippen LogP contribution in [0.25, 0.3) is 0 Å². The van der Waals surface area contributed by atoms with Gasteiger partial charge in [0.25, 0.3) is 0 Å². The van der Waals surface area contributed by atoms with Crippen molar-refractivity contribution in [3.8, 4) is 0 Å². The van der Waals surface area contributed by atoms with Crippen LogP contribution in [0.2, 0.25) is 10.0 Å². The van der Waals surface area contributed by atoms with Crippen LogP contribution in [0.4, 0.5) is 5.82 Å². The maximum Gasteiger partial charge on any atom is 0.228 e. The maximum atomic E-state index is 11.8. The second-order valence-electron chi connectivity index (χ2n) is 4.85. The molecule has 1 aromatic heterocycles. The lowest BCUT2D eigenvalue weighted by atomic mass is 10.2. The van der Waals surface area contributed by atoms with E-state index < -0.39 is 0 Å². The van der Waals surface area contributed by atoms with Crippen LogP contribution in [0.15, 0.2) is 30.5 Å². The second-order valence-corrected chi connectivity index (χ2v) is 5.64. The summed E-state index contributed by atoms with van der Waals surface area (Å²) in [7, 11) is 0. The van der Waals surface area contributed by atoms with Gasteiger partial charge in [-0.25, -0.2) is 4.68 Å². The van der Waals surface area contributed by atoms with Gasteiger partial charge in [0.05, 0.1) is 22.8 Å². The SMILES string of the molecule is O=C(Nc1ccnn1Cc1cccc(Cl)c1Cl)C1CC1. The van der Waals surface area contributed by atoms with Crippen LogP contribution in [0, 0.1) is 5.92 Å². The lowest BCUT2D eigenvalue weighted by Gasteiger charge is -2.10. The van der Waals surface area contributed by atoms with E-state index in [4.69, 9.17) is 23.2 Å². The molecule has 4 nitrogen and oxygen atoms in total. The summed E-state index contributed by atoms with van der Waals surface area (Å²) in [6.45, 7) is 0.465. The van der Waals surface area contributed by atoms with Crippen LogP contribution in [-0.2, 0) is 11.3 Å². The van der Waals surface area contributed by atoms with Crippen molar-refractivity contribution in [2.45, 2.75) is 19.4 Å². The fourth-order valence-corrected chi connectivity index (χ4v) is 2.35. The van der Waals surface area contributed by atoms with Gasteiger partial charge in [-0.2, -0.15) is 5.10 Å². The molecule has 1 fully saturated rings.